The van der Waals surface area contributed by atoms with E-state index in [9.17, 15) is 5.26 Å². The van der Waals surface area contributed by atoms with Crippen LogP contribution in [0.5, 0.6) is 5.75 Å². The van der Waals surface area contributed by atoms with E-state index in [2.05, 4.69) is 36.8 Å². The molecule has 0 radical (unpaired) electrons. The zero-order valence-corrected chi connectivity index (χ0v) is 13.2. The van der Waals surface area contributed by atoms with Gasteiger partial charge in [-0.15, -0.1) is 0 Å². The van der Waals surface area contributed by atoms with Crippen LogP contribution in [-0.4, -0.2) is 49.6 Å². The summed E-state index contributed by atoms with van der Waals surface area (Å²) in [5.74, 6) is 1.39. The third-order valence-corrected chi connectivity index (χ3v) is 3.80. The van der Waals surface area contributed by atoms with Gasteiger partial charge in [-0.2, -0.15) is 5.26 Å². The molecule has 0 aromatic heterocycles. The van der Waals surface area contributed by atoms with E-state index in [1.54, 1.807) is 0 Å². The number of likely N-dealkylation sites (N-methyl/N-ethyl adjacent to an activating group) is 1. The molecule has 4 nitrogen and oxygen atoms in total. The van der Waals surface area contributed by atoms with Gasteiger partial charge in [-0.1, -0.05) is 26.0 Å². The average Bonchev–Trinajstić information content (AvgIpc) is 2.49. The van der Waals surface area contributed by atoms with Crippen molar-refractivity contribution in [1.29, 1.82) is 5.26 Å². The van der Waals surface area contributed by atoms with Crippen LogP contribution < -0.4 is 4.74 Å². The van der Waals surface area contributed by atoms with Crippen LogP contribution in [0.1, 0.15) is 25.5 Å². The third kappa shape index (κ3) is 4.45. The molecule has 2 rings (SSSR count). The summed E-state index contributed by atoms with van der Waals surface area (Å²) in [6.45, 7) is 8.92. The molecule has 21 heavy (non-hydrogen) atoms. The van der Waals surface area contributed by atoms with Crippen LogP contribution in [0.15, 0.2) is 24.3 Å². The van der Waals surface area contributed by atoms with Gasteiger partial charge in [0.15, 0.2) is 0 Å². The van der Waals surface area contributed by atoms with E-state index >= 15 is 0 Å². The summed E-state index contributed by atoms with van der Waals surface area (Å²) in [4.78, 5) is 4.55. The van der Waals surface area contributed by atoms with Crippen molar-refractivity contribution in [3.05, 3.63) is 29.8 Å². The Morgan fingerprint density at radius 1 is 1.14 bits per heavy atom. The summed E-state index contributed by atoms with van der Waals surface area (Å²) in [5.41, 5.74) is 1.05. The van der Waals surface area contributed by atoms with Crippen molar-refractivity contribution in [2.75, 3.05) is 39.8 Å². The van der Waals surface area contributed by atoms with Gasteiger partial charge in [-0.05, 0) is 30.7 Å². The number of piperazine rings is 1. The molecular formula is C17H25N3O. The van der Waals surface area contributed by atoms with Crippen molar-refractivity contribution in [3.8, 4) is 11.8 Å². The highest BCUT2D eigenvalue weighted by Crippen LogP contribution is 2.23. The standard InChI is InChI=1S/C17H25N3O/c1-14(2)13-21-16-6-4-15(5-7-16)17(12-18)20-10-8-19(3)9-11-20/h4-7,14,17H,8-11,13H2,1-3H3. The van der Waals surface area contributed by atoms with E-state index in [4.69, 9.17) is 4.74 Å². The summed E-state index contributed by atoms with van der Waals surface area (Å²) in [7, 11) is 2.12. The molecule has 1 aromatic carbocycles. The van der Waals surface area contributed by atoms with E-state index in [1.165, 1.54) is 0 Å². The predicted octanol–water partition coefficient (Wildman–Crippen LogP) is 2.53. The number of nitrogens with zero attached hydrogens (tertiary/aromatic N) is 3. The van der Waals surface area contributed by atoms with Crippen molar-refractivity contribution in [3.63, 3.8) is 0 Å². The fourth-order valence-corrected chi connectivity index (χ4v) is 2.46. The van der Waals surface area contributed by atoms with Crippen LogP contribution >= 0.6 is 0 Å². The van der Waals surface area contributed by atoms with Crippen LogP contribution in [0.25, 0.3) is 0 Å². The monoisotopic (exact) mass is 287 g/mol. The molecule has 1 aliphatic rings. The second kappa shape index (κ2) is 7.44. The fourth-order valence-electron chi connectivity index (χ4n) is 2.46. The van der Waals surface area contributed by atoms with Gasteiger partial charge in [-0.25, -0.2) is 0 Å². The maximum absolute atomic E-state index is 9.51. The molecule has 4 heteroatoms. The first kappa shape index (κ1) is 15.8. The molecule has 0 aliphatic carbocycles. The minimum Gasteiger partial charge on any atom is -0.493 e. The summed E-state index contributed by atoms with van der Waals surface area (Å²) in [5, 5.41) is 9.51. The van der Waals surface area contributed by atoms with Gasteiger partial charge < -0.3 is 9.64 Å². The van der Waals surface area contributed by atoms with Crippen molar-refractivity contribution in [2.45, 2.75) is 19.9 Å². The summed E-state index contributed by atoms with van der Waals surface area (Å²) < 4.78 is 5.69. The minimum absolute atomic E-state index is 0.155. The lowest BCUT2D eigenvalue weighted by Gasteiger charge is -2.35. The number of rotatable bonds is 5. The zero-order valence-electron chi connectivity index (χ0n) is 13.2. The largest absolute Gasteiger partial charge is 0.493 e. The van der Waals surface area contributed by atoms with Crippen LogP contribution in [0, 0.1) is 17.2 Å². The van der Waals surface area contributed by atoms with Gasteiger partial charge in [-0.3, -0.25) is 4.90 Å². The van der Waals surface area contributed by atoms with Gasteiger partial charge in [0, 0.05) is 26.2 Å². The van der Waals surface area contributed by atoms with Crippen molar-refractivity contribution in [1.82, 2.24) is 9.80 Å². The Kier molecular flexibility index (Phi) is 5.60. The van der Waals surface area contributed by atoms with E-state index in [1.807, 2.05) is 24.3 Å². The third-order valence-electron chi connectivity index (χ3n) is 3.80. The minimum atomic E-state index is -0.155. The number of hydrogen-bond acceptors (Lipinski definition) is 4. The zero-order chi connectivity index (χ0) is 15.2. The van der Waals surface area contributed by atoms with Gasteiger partial charge in [0.05, 0.1) is 12.7 Å². The summed E-state index contributed by atoms with van der Waals surface area (Å²) >= 11 is 0. The Bertz CT molecular complexity index is 470. The highest BCUT2D eigenvalue weighted by molar-refractivity contribution is 5.31. The number of benzene rings is 1. The van der Waals surface area contributed by atoms with Crippen LogP contribution in [0.2, 0.25) is 0 Å². The van der Waals surface area contributed by atoms with Crippen LogP contribution in [-0.2, 0) is 0 Å². The van der Waals surface area contributed by atoms with Gasteiger partial charge in [0.1, 0.15) is 11.8 Å². The van der Waals surface area contributed by atoms with Gasteiger partial charge in [0.25, 0.3) is 0 Å². The highest BCUT2D eigenvalue weighted by Gasteiger charge is 2.23. The van der Waals surface area contributed by atoms with Crippen molar-refractivity contribution in [2.24, 2.45) is 5.92 Å². The lowest BCUT2D eigenvalue weighted by molar-refractivity contribution is 0.133. The molecule has 1 saturated heterocycles. The first-order valence-electron chi connectivity index (χ1n) is 7.65. The molecule has 0 N–H and O–H groups in total. The molecule has 1 fully saturated rings. The lowest BCUT2D eigenvalue weighted by Crippen LogP contribution is -2.45. The smallest absolute Gasteiger partial charge is 0.123 e. The second-order valence-corrected chi connectivity index (χ2v) is 6.14. The van der Waals surface area contributed by atoms with Gasteiger partial charge >= 0.3 is 0 Å². The lowest BCUT2D eigenvalue weighted by atomic mass is 10.1. The maximum Gasteiger partial charge on any atom is 0.123 e. The molecule has 114 valence electrons. The first-order chi connectivity index (χ1) is 10.1. The Morgan fingerprint density at radius 2 is 1.76 bits per heavy atom. The van der Waals surface area contributed by atoms with Gasteiger partial charge in [0.2, 0.25) is 0 Å². The SMILES string of the molecule is CC(C)COc1ccc(C(C#N)N2CCN(C)CC2)cc1. The fraction of sp³-hybridized carbons (Fsp3) is 0.588. The molecule has 0 amide bonds. The average molecular weight is 287 g/mol. The van der Waals surface area contributed by atoms with Crippen LogP contribution in [0.3, 0.4) is 0 Å². The Labute approximate surface area is 127 Å². The summed E-state index contributed by atoms with van der Waals surface area (Å²) in [6.07, 6.45) is 0. The molecule has 1 aliphatic heterocycles. The second-order valence-electron chi connectivity index (χ2n) is 6.14. The summed E-state index contributed by atoms with van der Waals surface area (Å²) in [6, 6.07) is 10.3. The highest BCUT2D eigenvalue weighted by atomic mass is 16.5. The molecule has 0 spiro atoms. The van der Waals surface area contributed by atoms with E-state index < -0.39 is 0 Å². The molecule has 0 bridgehead atoms. The maximum atomic E-state index is 9.51. The van der Waals surface area contributed by atoms with E-state index in [0.29, 0.717) is 5.92 Å². The van der Waals surface area contributed by atoms with Crippen molar-refractivity contribution >= 4 is 0 Å². The normalized spacial score (nSPS) is 18.4. The van der Waals surface area contributed by atoms with Crippen LogP contribution in [0.4, 0.5) is 0 Å². The Balaban J connectivity index is 2.00. The molecule has 0 saturated carbocycles. The van der Waals surface area contributed by atoms with E-state index in [0.717, 1.165) is 44.1 Å². The molecule has 1 unspecified atom stereocenters. The van der Waals surface area contributed by atoms with E-state index in [-0.39, 0.29) is 6.04 Å². The molecule has 1 heterocycles. The Hall–Kier alpha value is -1.57. The molecule has 1 atom stereocenters. The number of nitriles is 1. The number of ether oxygens (including phenoxy) is 1. The molecular weight excluding hydrogens is 262 g/mol. The quantitative estimate of drug-likeness (QED) is 0.834. The first-order valence-corrected chi connectivity index (χ1v) is 7.65. The predicted molar refractivity (Wildman–Crippen MR) is 84.2 cm³/mol. The Morgan fingerprint density at radius 3 is 2.29 bits per heavy atom. The molecule has 1 aromatic rings. The topological polar surface area (TPSA) is 39.5 Å². The number of hydrogen-bond donors (Lipinski definition) is 0. The van der Waals surface area contributed by atoms with Crippen molar-refractivity contribution < 1.29 is 4.74 Å².